The van der Waals surface area contributed by atoms with Gasteiger partial charge in [0.1, 0.15) is 0 Å². The van der Waals surface area contributed by atoms with Crippen LogP contribution in [0.3, 0.4) is 0 Å². The number of carbonyl (C=O) groups is 2. The molecule has 0 heterocycles. The number of hydrogen-bond acceptors (Lipinski definition) is 7. The highest BCUT2D eigenvalue weighted by Gasteiger charge is 2.35. The van der Waals surface area contributed by atoms with E-state index in [1.807, 2.05) is 13.8 Å². The second kappa shape index (κ2) is 7.18. The number of rotatable bonds is 6. The molecule has 0 spiro atoms. The molecule has 1 aliphatic carbocycles. The Morgan fingerprint density at radius 1 is 1.00 bits per heavy atom. The average molecular weight is 384 g/mol. The lowest BCUT2D eigenvalue weighted by molar-refractivity contribution is -0.385. The molecular weight excluding hydrogens is 368 g/mol. The lowest BCUT2D eigenvalue weighted by Gasteiger charge is -2.10. The van der Waals surface area contributed by atoms with E-state index in [9.17, 15) is 29.8 Å². The van der Waals surface area contributed by atoms with Crippen LogP contribution in [0.4, 0.5) is 11.4 Å². The fraction of sp³-hybridized carbons (Fsp3) is 0.263. The molecule has 2 aromatic rings. The van der Waals surface area contributed by atoms with E-state index in [1.165, 1.54) is 12.1 Å². The van der Waals surface area contributed by atoms with E-state index in [0.29, 0.717) is 17.9 Å². The van der Waals surface area contributed by atoms with E-state index in [-0.39, 0.29) is 34.5 Å². The second-order valence-corrected chi connectivity index (χ2v) is 6.81. The SMILES string of the molecule is CC(C)CCOC(=O)c1cc([N+](=O)[O-])cc2c1-c1ccc([N+](=O)[O-])cc1C2=O. The summed E-state index contributed by atoms with van der Waals surface area (Å²) in [5, 5.41) is 22.3. The second-order valence-electron chi connectivity index (χ2n) is 6.81. The van der Waals surface area contributed by atoms with Gasteiger partial charge in [0.2, 0.25) is 0 Å². The minimum atomic E-state index is -0.778. The Hall–Kier alpha value is -3.62. The Balaban J connectivity index is 2.13. The fourth-order valence-corrected chi connectivity index (χ4v) is 3.02. The number of nitrogens with zero attached hydrogens (tertiary/aromatic N) is 2. The van der Waals surface area contributed by atoms with Crippen LogP contribution in [0.25, 0.3) is 11.1 Å². The summed E-state index contributed by atoms with van der Waals surface area (Å²) < 4.78 is 5.23. The van der Waals surface area contributed by atoms with Crippen LogP contribution in [0, 0.1) is 26.1 Å². The van der Waals surface area contributed by atoms with Crippen LogP contribution in [0.1, 0.15) is 46.5 Å². The predicted octanol–water partition coefficient (Wildman–Crippen LogP) is 3.92. The van der Waals surface area contributed by atoms with Crippen molar-refractivity contribution in [3.63, 3.8) is 0 Å². The number of fused-ring (bicyclic) bond motifs is 3. The zero-order chi connectivity index (χ0) is 20.6. The predicted molar refractivity (Wildman–Crippen MR) is 98.4 cm³/mol. The van der Waals surface area contributed by atoms with E-state index in [2.05, 4.69) is 0 Å². The third-order valence-electron chi connectivity index (χ3n) is 4.45. The third-order valence-corrected chi connectivity index (χ3v) is 4.45. The molecule has 1 aliphatic rings. The molecule has 2 aromatic carbocycles. The number of benzene rings is 2. The smallest absolute Gasteiger partial charge is 0.339 e. The first-order valence-electron chi connectivity index (χ1n) is 8.53. The van der Waals surface area contributed by atoms with E-state index >= 15 is 0 Å². The fourth-order valence-electron chi connectivity index (χ4n) is 3.02. The van der Waals surface area contributed by atoms with Crippen LogP contribution in [0.15, 0.2) is 30.3 Å². The van der Waals surface area contributed by atoms with Crippen LogP contribution in [-0.4, -0.2) is 28.2 Å². The molecule has 0 atom stereocenters. The highest BCUT2D eigenvalue weighted by atomic mass is 16.6. The van der Waals surface area contributed by atoms with Gasteiger partial charge in [-0.2, -0.15) is 0 Å². The van der Waals surface area contributed by atoms with Crippen molar-refractivity contribution in [2.45, 2.75) is 20.3 Å². The first kappa shape index (κ1) is 19.2. The Labute approximate surface area is 159 Å². The molecular formula is C19H16N2O7. The summed E-state index contributed by atoms with van der Waals surface area (Å²) in [5.41, 5.74) is -0.303. The van der Waals surface area contributed by atoms with Gasteiger partial charge in [0.15, 0.2) is 5.78 Å². The number of nitro benzene ring substituents is 2. The highest BCUT2D eigenvalue weighted by molar-refractivity contribution is 6.24. The van der Waals surface area contributed by atoms with Crippen molar-refractivity contribution in [2.75, 3.05) is 6.61 Å². The average Bonchev–Trinajstić information content (AvgIpc) is 2.92. The molecule has 0 saturated carbocycles. The minimum Gasteiger partial charge on any atom is -0.462 e. The zero-order valence-corrected chi connectivity index (χ0v) is 15.1. The Bertz CT molecular complexity index is 1030. The van der Waals surface area contributed by atoms with E-state index < -0.39 is 27.3 Å². The molecule has 144 valence electrons. The van der Waals surface area contributed by atoms with Crippen molar-refractivity contribution in [3.8, 4) is 11.1 Å². The van der Waals surface area contributed by atoms with Gasteiger partial charge in [0.25, 0.3) is 11.4 Å². The maximum atomic E-state index is 12.7. The molecule has 0 fully saturated rings. The molecule has 0 aliphatic heterocycles. The first-order valence-corrected chi connectivity index (χ1v) is 8.53. The van der Waals surface area contributed by atoms with Gasteiger partial charge in [-0.05, 0) is 24.0 Å². The molecule has 0 amide bonds. The van der Waals surface area contributed by atoms with Gasteiger partial charge >= 0.3 is 5.97 Å². The summed E-state index contributed by atoms with van der Waals surface area (Å²) >= 11 is 0. The van der Waals surface area contributed by atoms with Crippen molar-refractivity contribution < 1.29 is 24.2 Å². The number of non-ortho nitro benzene ring substituents is 2. The summed E-state index contributed by atoms with van der Waals surface area (Å²) in [5.74, 6) is -1.08. The van der Waals surface area contributed by atoms with Gasteiger partial charge in [0.05, 0.1) is 22.0 Å². The van der Waals surface area contributed by atoms with Crippen LogP contribution >= 0.6 is 0 Å². The zero-order valence-electron chi connectivity index (χ0n) is 15.1. The Kier molecular flexibility index (Phi) is 4.91. The highest BCUT2D eigenvalue weighted by Crippen LogP contribution is 2.42. The van der Waals surface area contributed by atoms with Crippen LogP contribution in [-0.2, 0) is 4.74 Å². The maximum Gasteiger partial charge on any atom is 0.339 e. The number of ether oxygens (including phenoxy) is 1. The third kappa shape index (κ3) is 3.34. The molecule has 3 rings (SSSR count). The van der Waals surface area contributed by atoms with Crippen molar-refractivity contribution in [3.05, 3.63) is 67.3 Å². The summed E-state index contributed by atoms with van der Waals surface area (Å²) in [6.07, 6.45) is 0.616. The normalized spacial score (nSPS) is 11.9. The first-order chi connectivity index (χ1) is 13.2. The minimum absolute atomic E-state index is 0.0286. The van der Waals surface area contributed by atoms with Gasteiger partial charge in [0, 0.05) is 41.0 Å². The van der Waals surface area contributed by atoms with Crippen LogP contribution < -0.4 is 0 Å². The lowest BCUT2D eigenvalue weighted by Crippen LogP contribution is -2.10. The summed E-state index contributed by atoms with van der Waals surface area (Å²) in [6, 6.07) is 5.84. The van der Waals surface area contributed by atoms with Crippen molar-refractivity contribution in [1.29, 1.82) is 0 Å². The Morgan fingerprint density at radius 3 is 2.25 bits per heavy atom. The van der Waals surface area contributed by atoms with Gasteiger partial charge in [-0.15, -0.1) is 0 Å². The molecule has 28 heavy (non-hydrogen) atoms. The number of esters is 1. The maximum absolute atomic E-state index is 12.7. The van der Waals surface area contributed by atoms with E-state index in [4.69, 9.17) is 4.74 Å². The van der Waals surface area contributed by atoms with Crippen molar-refractivity contribution >= 4 is 23.1 Å². The summed E-state index contributed by atoms with van der Waals surface area (Å²) in [4.78, 5) is 46.2. The standard InChI is InChI=1S/C19H16N2O7/c1-10(2)5-6-28-19(23)16-9-12(21(26)27)8-15-17(16)13-4-3-11(20(24)25)7-14(13)18(15)22/h3-4,7-10H,5-6H2,1-2H3. The molecule has 9 heteroatoms. The molecule has 0 unspecified atom stereocenters. The largest absolute Gasteiger partial charge is 0.462 e. The molecule has 0 aromatic heterocycles. The number of hydrogen-bond donors (Lipinski definition) is 0. The van der Waals surface area contributed by atoms with E-state index in [0.717, 1.165) is 18.2 Å². The molecule has 0 radical (unpaired) electrons. The summed E-state index contributed by atoms with van der Waals surface area (Å²) in [7, 11) is 0. The van der Waals surface area contributed by atoms with Gasteiger partial charge < -0.3 is 4.74 Å². The number of carbonyl (C=O) groups excluding carboxylic acids is 2. The topological polar surface area (TPSA) is 130 Å². The number of ketones is 1. The van der Waals surface area contributed by atoms with Crippen LogP contribution in [0.5, 0.6) is 0 Å². The van der Waals surface area contributed by atoms with Gasteiger partial charge in [-0.25, -0.2) is 4.79 Å². The van der Waals surface area contributed by atoms with Gasteiger partial charge in [-0.3, -0.25) is 25.0 Å². The lowest BCUT2D eigenvalue weighted by atomic mass is 9.98. The summed E-state index contributed by atoms with van der Waals surface area (Å²) in [6.45, 7) is 4.05. The van der Waals surface area contributed by atoms with Crippen LogP contribution in [0.2, 0.25) is 0 Å². The monoisotopic (exact) mass is 384 g/mol. The molecule has 0 saturated heterocycles. The molecule has 9 nitrogen and oxygen atoms in total. The Morgan fingerprint density at radius 2 is 1.64 bits per heavy atom. The molecule has 0 bridgehead atoms. The van der Waals surface area contributed by atoms with Gasteiger partial charge in [-0.1, -0.05) is 13.8 Å². The van der Waals surface area contributed by atoms with E-state index in [1.54, 1.807) is 0 Å². The van der Waals surface area contributed by atoms with Crippen molar-refractivity contribution in [1.82, 2.24) is 0 Å². The van der Waals surface area contributed by atoms with Crippen molar-refractivity contribution in [2.24, 2.45) is 5.92 Å². The number of nitro groups is 2. The molecule has 0 N–H and O–H groups in total. The quantitative estimate of drug-likeness (QED) is 0.358.